The van der Waals surface area contributed by atoms with Gasteiger partial charge in [-0.25, -0.2) is 0 Å². The molecule has 5 nitrogen and oxygen atoms in total. The van der Waals surface area contributed by atoms with Crippen LogP contribution in [-0.2, 0) is 0 Å². The van der Waals surface area contributed by atoms with Crippen LogP contribution in [0.2, 0.25) is 0 Å². The van der Waals surface area contributed by atoms with Crippen LogP contribution in [0.3, 0.4) is 0 Å². The summed E-state index contributed by atoms with van der Waals surface area (Å²) in [5, 5.41) is 7.83. The quantitative estimate of drug-likeness (QED) is 0.732. The fourth-order valence-electron chi connectivity index (χ4n) is 1.85. The van der Waals surface area contributed by atoms with E-state index in [4.69, 9.17) is 9.15 Å². The smallest absolute Gasteiger partial charge is 0.422 e. The van der Waals surface area contributed by atoms with Crippen LogP contribution in [0.4, 0.5) is 13.2 Å². The van der Waals surface area contributed by atoms with E-state index in [0.29, 0.717) is 5.56 Å². The molecule has 2 heterocycles. The van der Waals surface area contributed by atoms with Crippen LogP contribution < -0.4 is 4.74 Å². The standard InChI is InChI=1S/C15H10F3N3O2/c16-15(17,18)9-23-14-12(10-5-2-1-3-6-10)20-21-13(19-14)11-7-4-8-22-11/h1-8H,9H2. The van der Waals surface area contributed by atoms with Crippen LogP contribution in [0.5, 0.6) is 5.88 Å². The van der Waals surface area contributed by atoms with Crippen molar-refractivity contribution in [1.82, 2.24) is 15.2 Å². The van der Waals surface area contributed by atoms with Gasteiger partial charge >= 0.3 is 6.18 Å². The normalized spacial score (nSPS) is 11.4. The highest BCUT2D eigenvalue weighted by Gasteiger charge is 2.30. The Morgan fingerprint density at radius 2 is 1.78 bits per heavy atom. The van der Waals surface area contributed by atoms with Gasteiger partial charge in [-0.3, -0.25) is 0 Å². The van der Waals surface area contributed by atoms with Crippen molar-refractivity contribution >= 4 is 0 Å². The van der Waals surface area contributed by atoms with E-state index < -0.39 is 12.8 Å². The van der Waals surface area contributed by atoms with Gasteiger partial charge in [0.25, 0.3) is 0 Å². The van der Waals surface area contributed by atoms with E-state index in [1.165, 1.54) is 6.26 Å². The van der Waals surface area contributed by atoms with Gasteiger partial charge in [0.15, 0.2) is 18.1 Å². The lowest BCUT2D eigenvalue weighted by molar-refractivity contribution is -0.154. The maximum Gasteiger partial charge on any atom is 0.422 e. The molecular weight excluding hydrogens is 311 g/mol. The number of alkyl halides is 3. The molecule has 0 N–H and O–H groups in total. The second-order valence-electron chi connectivity index (χ2n) is 4.54. The van der Waals surface area contributed by atoms with Gasteiger partial charge in [-0.05, 0) is 12.1 Å². The average molecular weight is 321 g/mol. The summed E-state index contributed by atoms with van der Waals surface area (Å²) in [7, 11) is 0. The third kappa shape index (κ3) is 3.65. The molecule has 3 aromatic rings. The summed E-state index contributed by atoms with van der Waals surface area (Å²) in [6, 6.07) is 11.8. The molecule has 0 radical (unpaired) electrons. The van der Waals surface area contributed by atoms with E-state index >= 15 is 0 Å². The zero-order valence-electron chi connectivity index (χ0n) is 11.6. The number of furan rings is 1. The van der Waals surface area contributed by atoms with Crippen molar-refractivity contribution < 1.29 is 22.3 Å². The van der Waals surface area contributed by atoms with Gasteiger partial charge in [-0.2, -0.15) is 18.2 Å². The number of rotatable bonds is 4. The molecule has 0 unspecified atom stereocenters. The predicted molar refractivity (Wildman–Crippen MR) is 74.5 cm³/mol. The van der Waals surface area contributed by atoms with Crippen LogP contribution in [0.25, 0.3) is 22.8 Å². The molecule has 0 aliphatic heterocycles. The molecule has 1 aromatic carbocycles. The maximum absolute atomic E-state index is 12.4. The van der Waals surface area contributed by atoms with Gasteiger partial charge < -0.3 is 9.15 Å². The summed E-state index contributed by atoms with van der Waals surface area (Å²) >= 11 is 0. The number of halogens is 3. The first kappa shape index (κ1) is 15.0. The first-order valence-electron chi connectivity index (χ1n) is 6.56. The topological polar surface area (TPSA) is 61.0 Å². The minimum absolute atomic E-state index is 0.0480. The van der Waals surface area contributed by atoms with Crippen molar-refractivity contribution in [2.24, 2.45) is 0 Å². The summed E-state index contributed by atoms with van der Waals surface area (Å²) in [5.41, 5.74) is 0.681. The summed E-state index contributed by atoms with van der Waals surface area (Å²) in [5.74, 6) is 0.0794. The number of hydrogen-bond acceptors (Lipinski definition) is 5. The highest BCUT2D eigenvalue weighted by molar-refractivity contribution is 5.64. The summed E-state index contributed by atoms with van der Waals surface area (Å²) in [6.07, 6.45) is -3.08. The molecule has 8 heteroatoms. The van der Waals surface area contributed by atoms with E-state index in [1.54, 1.807) is 42.5 Å². The van der Waals surface area contributed by atoms with Crippen molar-refractivity contribution in [2.45, 2.75) is 6.18 Å². The molecule has 0 saturated heterocycles. The predicted octanol–water partition coefficient (Wildman–Crippen LogP) is 3.74. The van der Waals surface area contributed by atoms with E-state index in [9.17, 15) is 13.2 Å². The lowest BCUT2D eigenvalue weighted by atomic mass is 10.1. The minimum atomic E-state index is -4.48. The lowest BCUT2D eigenvalue weighted by Crippen LogP contribution is -2.20. The molecule has 0 saturated carbocycles. The van der Waals surface area contributed by atoms with Crippen molar-refractivity contribution in [1.29, 1.82) is 0 Å². The van der Waals surface area contributed by atoms with E-state index in [1.807, 2.05) is 0 Å². The van der Waals surface area contributed by atoms with E-state index in [-0.39, 0.29) is 23.2 Å². The van der Waals surface area contributed by atoms with Crippen molar-refractivity contribution in [3.05, 3.63) is 48.7 Å². The first-order valence-corrected chi connectivity index (χ1v) is 6.56. The van der Waals surface area contributed by atoms with Crippen LogP contribution >= 0.6 is 0 Å². The molecule has 0 atom stereocenters. The van der Waals surface area contributed by atoms with Crippen LogP contribution in [0.1, 0.15) is 0 Å². The molecule has 23 heavy (non-hydrogen) atoms. The molecule has 0 aliphatic carbocycles. The number of nitrogens with zero attached hydrogens (tertiary/aromatic N) is 3. The minimum Gasteiger partial charge on any atom is -0.466 e. The number of aromatic nitrogens is 3. The summed E-state index contributed by atoms with van der Waals surface area (Å²) in [6.45, 7) is -1.47. The van der Waals surface area contributed by atoms with Gasteiger partial charge in [0.2, 0.25) is 11.7 Å². The molecule has 0 bridgehead atoms. The molecule has 118 valence electrons. The molecular formula is C15H10F3N3O2. The molecule has 0 amide bonds. The van der Waals surface area contributed by atoms with Crippen LogP contribution in [0, 0.1) is 0 Å². The number of hydrogen-bond donors (Lipinski definition) is 0. The number of ether oxygens (including phenoxy) is 1. The van der Waals surface area contributed by atoms with Gasteiger partial charge in [0.05, 0.1) is 6.26 Å². The van der Waals surface area contributed by atoms with Crippen molar-refractivity contribution in [3.63, 3.8) is 0 Å². The third-order valence-corrected chi connectivity index (χ3v) is 2.82. The fourth-order valence-corrected chi connectivity index (χ4v) is 1.85. The summed E-state index contributed by atoms with van der Waals surface area (Å²) < 4.78 is 47.3. The van der Waals surface area contributed by atoms with Crippen LogP contribution in [-0.4, -0.2) is 28.0 Å². The van der Waals surface area contributed by atoms with Gasteiger partial charge in [0.1, 0.15) is 0 Å². The zero-order chi connectivity index (χ0) is 16.3. The number of benzene rings is 1. The Morgan fingerprint density at radius 1 is 1.00 bits per heavy atom. The zero-order valence-corrected chi connectivity index (χ0v) is 11.6. The second-order valence-corrected chi connectivity index (χ2v) is 4.54. The molecule has 2 aromatic heterocycles. The van der Waals surface area contributed by atoms with Crippen molar-refractivity contribution in [2.75, 3.05) is 6.61 Å². The van der Waals surface area contributed by atoms with Crippen LogP contribution in [0.15, 0.2) is 53.1 Å². The van der Waals surface area contributed by atoms with Crippen molar-refractivity contribution in [3.8, 4) is 28.7 Å². The Balaban J connectivity index is 2.01. The Labute approximate surface area is 128 Å². The lowest BCUT2D eigenvalue weighted by Gasteiger charge is -2.11. The molecule has 3 rings (SSSR count). The maximum atomic E-state index is 12.4. The van der Waals surface area contributed by atoms with Gasteiger partial charge in [-0.1, -0.05) is 30.3 Å². The highest BCUT2D eigenvalue weighted by atomic mass is 19.4. The first-order chi connectivity index (χ1) is 11.0. The largest absolute Gasteiger partial charge is 0.466 e. The molecule has 0 fully saturated rings. The second kappa shape index (κ2) is 6.07. The van der Waals surface area contributed by atoms with E-state index in [2.05, 4.69) is 15.2 Å². The summed E-state index contributed by atoms with van der Waals surface area (Å²) in [4.78, 5) is 4.01. The fraction of sp³-hybridized carbons (Fsp3) is 0.133. The molecule has 0 spiro atoms. The monoisotopic (exact) mass is 321 g/mol. The molecule has 0 aliphatic rings. The third-order valence-electron chi connectivity index (χ3n) is 2.82. The van der Waals surface area contributed by atoms with E-state index in [0.717, 1.165) is 0 Å². The highest BCUT2D eigenvalue weighted by Crippen LogP contribution is 2.29. The Hall–Kier alpha value is -2.90. The van der Waals surface area contributed by atoms with Gasteiger partial charge in [0, 0.05) is 5.56 Å². The Kier molecular flexibility index (Phi) is 3.96. The Morgan fingerprint density at radius 3 is 2.43 bits per heavy atom. The Bertz CT molecular complexity index is 774. The average Bonchev–Trinajstić information content (AvgIpc) is 3.07. The SMILES string of the molecule is FC(F)(F)COc1nc(-c2ccco2)nnc1-c1ccccc1. The van der Waals surface area contributed by atoms with Gasteiger partial charge in [-0.15, -0.1) is 10.2 Å².